The number of aryl methyl sites for hydroxylation is 1. The summed E-state index contributed by atoms with van der Waals surface area (Å²) in [6, 6.07) is 4.82. The average molecular weight is 316 g/mol. The molecule has 1 aliphatic rings. The number of aromatic nitrogens is 3. The lowest BCUT2D eigenvalue weighted by molar-refractivity contribution is 0.0782. The Bertz CT molecular complexity index is 693. The molecule has 1 unspecified atom stereocenters. The molecule has 120 valence electrons. The van der Waals surface area contributed by atoms with Gasteiger partial charge in [-0.15, -0.1) is 5.10 Å². The Morgan fingerprint density at radius 1 is 1.39 bits per heavy atom. The molecule has 1 atom stereocenters. The molecule has 23 heavy (non-hydrogen) atoms. The zero-order valence-corrected chi connectivity index (χ0v) is 12.8. The number of nitrogens with zero attached hydrogens (tertiary/aromatic N) is 4. The summed E-state index contributed by atoms with van der Waals surface area (Å²) in [6.07, 6.45) is 3.31. The molecule has 2 aromatic rings. The Balaban J connectivity index is 1.54. The van der Waals surface area contributed by atoms with Gasteiger partial charge in [0.05, 0.1) is 24.1 Å². The minimum atomic E-state index is -0.507. The van der Waals surface area contributed by atoms with Crippen LogP contribution < -0.4 is 4.74 Å². The number of carbonyl (C=O) groups is 1. The van der Waals surface area contributed by atoms with Gasteiger partial charge < -0.3 is 9.64 Å². The molecule has 0 spiro atoms. The van der Waals surface area contributed by atoms with Gasteiger partial charge in [-0.25, -0.2) is 4.39 Å². The molecule has 0 bridgehead atoms. The smallest absolute Gasteiger partial charge is 0.255 e. The molecule has 1 amide bonds. The third kappa shape index (κ3) is 3.80. The predicted molar refractivity (Wildman–Crippen MR) is 80.5 cm³/mol. The highest BCUT2D eigenvalue weighted by Gasteiger charge is 2.27. The van der Waals surface area contributed by atoms with E-state index in [-0.39, 0.29) is 17.4 Å². The fourth-order valence-electron chi connectivity index (χ4n) is 2.53. The van der Waals surface area contributed by atoms with Crippen LogP contribution >= 0.6 is 0 Å². The van der Waals surface area contributed by atoms with Crippen LogP contribution in [0.1, 0.15) is 22.5 Å². The van der Waals surface area contributed by atoms with E-state index >= 15 is 0 Å². The van der Waals surface area contributed by atoms with Crippen LogP contribution in [0.15, 0.2) is 30.6 Å². The number of amides is 1. The molecule has 1 saturated heterocycles. The van der Waals surface area contributed by atoms with Crippen LogP contribution in [0, 0.1) is 18.7 Å². The van der Waals surface area contributed by atoms with Crippen molar-refractivity contribution in [3.63, 3.8) is 0 Å². The molecule has 1 aliphatic heterocycles. The van der Waals surface area contributed by atoms with Gasteiger partial charge in [0.15, 0.2) is 0 Å². The second-order valence-electron chi connectivity index (χ2n) is 5.62. The van der Waals surface area contributed by atoms with Gasteiger partial charge in [0.1, 0.15) is 5.82 Å². The van der Waals surface area contributed by atoms with Crippen LogP contribution in [0.25, 0.3) is 0 Å². The third-order valence-electron chi connectivity index (χ3n) is 3.77. The van der Waals surface area contributed by atoms with E-state index in [1.807, 2.05) is 13.0 Å². The van der Waals surface area contributed by atoms with Crippen LogP contribution in [-0.4, -0.2) is 45.7 Å². The molecule has 7 heteroatoms. The maximum Gasteiger partial charge on any atom is 0.255 e. The predicted octanol–water partition coefficient (Wildman–Crippen LogP) is 1.86. The molecule has 3 heterocycles. The molecule has 2 aromatic heterocycles. The highest BCUT2D eigenvalue weighted by atomic mass is 19.1. The largest absolute Gasteiger partial charge is 0.476 e. The Kier molecular flexibility index (Phi) is 4.45. The van der Waals surface area contributed by atoms with Crippen molar-refractivity contribution in [3.8, 4) is 5.88 Å². The lowest BCUT2D eigenvalue weighted by Gasteiger charge is -2.16. The summed E-state index contributed by atoms with van der Waals surface area (Å²) in [6.45, 7) is 3.54. The number of carbonyl (C=O) groups excluding carboxylic acids is 1. The molecule has 0 aromatic carbocycles. The van der Waals surface area contributed by atoms with Gasteiger partial charge in [0.2, 0.25) is 5.88 Å². The number of ether oxygens (including phenoxy) is 1. The standard InChI is InChI=1S/C16H17FN4O2/c1-11-2-3-15(20-19-11)23-10-12-4-5-21(9-12)16(22)13-6-14(17)8-18-7-13/h2-3,6-8,12H,4-5,9-10H2,1H3. The molecule has 0 aliphatic carbocycles. The van der Waals surface area contributed by atoms with Crippen LogP contribution in [0.4, 0.5) is 4.39 Å². The van der Waals surface area contributed by atoms with Crippen LogP contribution in [-0.2, 0) is 0 Å². The second-order valence-corrected chi connectivity index (χ2v) is 5.62. The molecular formula is C16H17FN4O2. The summed E-state index contributed by atoms with van der Waals surface area (Å²) in [5.41, 5.74) is 1.11. The van der Waals surface area contributed by atoms with E-state index in [0.29, 0.717) is 25.6 Å². The minimum Gasteiger partial charge on any atom is -0.476 e. The van der Waals surface area contributed by atoms with E-state index in [9.17, 15) is 9.18 Å². The van der Waals surface area contributed by atoms with Crippen molar-refractivity contribution in [2.45, 2.75) is 13.3 Å². The SMILES string of the molecule is Cc1ccc(OCC2CCN(C(=O)c3cncc(F)c3)C2)nn1. The van der Waals surface area contributed by atoms with Crippen molar-refractivity contribution < 1.29 is 13.9 Å². The third-order valence-corrected chi connectivity index (χ3v) is 3.77. The molecule has 0 N–H and O–H groups in total. The average Bonchev–Trinajstić information content (AvgIpc) is 3.02. The van der Waals surface area contributed by atoms with Gasteiger partial charge in [-0.1, -0.05) is 0 Å². The zero-order chi connectivity index (χ0) is 16.2. The number of hydrogen-bond donors (Lipinski definition) is 0. The molecule has 6 nitrogen and oxygen atoms in total. The Morgan fingerprint density at radius 3 is 3.00 bits per heavy atom. The Labute approximate surface area is 133 Å². The molecule has 0 radical (unpaired) electrons. The van der Waals surface area contributed by atoms with E-state index in [1.165, 1.54) is 12.3 Å². The van der Waals surface area contributed by atoms with Crippen molar-refractivity contribution in [3.05, 3.63) is 47.7 Å². The van der Waals surface area contributed by atoms with Gasteiger partial charge in [-0.05, 0) is 25.5 Å². The number of likely N-dealkylation sites (tertiary alicyclic amines) is 1. The first kappa shape index (κ1) is 15.3. The lowest BCUT2D eigenvalue weighted by atomic mass is 10.1. The topological polar surface area (TPSA) is 68.2 Å². The first-order valence-electron chi connectivity index (χ1n) is 7.45. The van der Waals surface area contributed by atoms with Gasteiger partial charge in [0, 0.05) is 31.3 Å². The monoisotopic (exact) mass is 316 g/mol. The lowest BCUT2D eigenvalue weighted by Crippen LogP contribution is -2.29. The van der Waals surface area contributed by atoms with E-state index in [4.69, 9.17) is 4.74 Å². The number of hydrogen-bond acceptors (Lipinski definition) is 5. The number of halogens is 1. The van der Waals surface area contributed by atoms with Crippen molar-refractivity contribution in [1.29, 1.82) is 0 Å². The molecule has 1 fully saturated rings. The van der Waals surface area contributed by atoms with E-state index in [0.717, 1.165) is 18.3 Å². The summed E-state index contributed by atoms with van der Waals surface area (Å²) in [4.78, 5) is 17.7. The van der Waals surface area contributed by atoms with Crippen molar-refractivity contribution in [2.24, 2.45) is 5.92 Å². The molecule has 0 saturated carbocycles. The number of pyridine rings is 1. The molecular weight excluding hydrogens is 299 g/mol. The minimum absolute atomic E-state index is 0.199. The summed E-state index contributed by atoms with van der Waals surface area (Å²) in [5.74, 6) is 0.000724. The van der Waals surface area contributed by atoms with Crippen LogP contribution in [0.5, 0.6) is 5.88 Å². The van der Waals surface area contributed by atoms with Crippen LogP contribution in [0.2, 0.25) is 0 Å². The van der Waals surface area contributed by atoms with Crippen molar-refractivity contribution in [2.75, 3.05) is 19.7 Å². The summed E-state index contributed by atoms with van der Waals surface area (Å²) < 4.78 is 18.8. The van der Waals surface area contributed by atoms with E-state index in [1.54, 1.807) is 11.0 Å². The maximum atomic E-state index is 13.2. The first-order chi connectivity index (χ1) is 11.1. The maximum absolute atomic E-state index is 13.2. The van der Waals surface area contributed by atoms with Gasteiger partial charge in [-0.2, -0.15) is 5.10 Å². The summed E-state index contributed by atoms with van der Waals surface area (Å²) in [5, 5.41) is 7.88. The highest BCUT2D eigenvalue weighted by Crippen LogP contribution is 2.20. The van der Waals surface area contributed by atoms with Gasteiger partial charge in [0.25, 0.3) is 5.91 Å². The Morgan fingerprint density at radius 2 is 2.26 bits per heavy atom. The fourth-order valence-corrected chi connectivity index (χ4v) is 2.53. The zero-order valence-electron chi connectivity index (χ0n) is 12.8. The second kappa shape index (κ2) is 6.68. The van der Waals surface area contributed by atoms with E-state index in [2.05, 4.69) is 15.2 Å². The summed E-state index contributed by atoms with van der Waals surface area (Å²) >= 11 is 0. The highest BCUT2D eigenvalue weighted by molar-refractivity contribution is 5.94. The van der Waals surface area contributed by atoms with Gasteiger partial charge >= 0.3 is 0 Å². The van der Waals surface area contributed by atoms with E-state index < -0.39 is 5.82 Å². The fraction of sp³-hybridized carbons (Fsp3) is 0.375. The Hall–Kier alpha value is -2.57. The quantitative estimate of drug-likeness (QED) is 0.861. The normalized spacial score (nSPS) is 17.3. The van der Waals surface area contributed by atoms with Crippen LogP contribution in [0.3, 0.4) is 0 Å². The summed E-state index contributed by atoms with van der Waals surface area (Å²) in [7, 11) is 0. The van der Waals surface area contributed by atoms with Crippen molar-refractivity contribution in [1.82, 2.24) is 20.1 Å². The van der Waals surface area contributed by atoms with Crippen molar-refractivity contribution >= 4 is 5.91 Å². The van der Waals surface area contributed by atoms with Gasteiger partial charge in [-0.3, -0.25) is 9.78 Å². The number of rotatable bonds is 4. The first-order valence-corrected chi connectivity index (χ1v) is 7.45. The molecule has 3 rings (SSSR count).